The molecule has 2 amide bonds. The number of thiophene rings is 1. The molecule has 24 heavy (non-hydrogen) atoms. The molecule has 2 aliphatic rings. The third-order valence-corrected chi connectivity index (χ3v) is 5.81. The van der Waals surface area contributed by atoms with Crippen molar-refractivity contribution in [1.82, 2.24) is 15.5 Å². The van der Waals surface area contributed by atoms with E-state index in [0.29, 0.717) is 12.5 Å². The molecule has 134 valence electrons. The van der Waals surface area contributed by atoms with Gasteiger partial charge < -0.3 is 15.5 Å². The number of likely N-dealkylation sites (tertiary alicyclic amines) is 1. The van der Waals surface area contributed by atoms with Crippen LogP contribution in [0, 0.1) is 12.8 Å². The average Bonchev–Trinajstić information content (AvgIpc) is 3.23. The molecule has 3 heterocycles. The van der Waals surface area contributed by atoms with Gasteiger partial charge in [-0.1, -0.05) is 0 Å². The fourth-order valence-electron chi connectivity index (χ4n) is 3.43. The van der Waals surface area contributed by atoms with Gasteiger partial charge in [-0.3, -0.25) is 9.59 Å². The van der Waals surface area contributed by atoms with E-state index in [-0.39, 0.29) is 30.3 Å². The summed E-state index contributed by atoms with van der Waals surface area (Å²) in [5.74, 6) is 0.615. The van der Waals surface area contributed by atoms with E-state index in [0.717, 1.165) is 55.8 Å². The molecule has 2 atom stereocenters. The van der Waals surface area contributed by atoms with Crippen molar-refractivity contribution in [3.8, 4) is 0 Å². The van der Waals surface area contributed by atoms with E-state index in [1.807, 2.05) is 23.3 Å². The lowest BCUT2D eigenvalue weighted by molar-refractivity contribution is -0.123. The molecule has 1 aromatic heterocycles. The van der Waals surface area contributed by atoms with Gasteiger partial charge in [0.15, 0.2) is 0 Å². The van der Waals surface area contributed by atoms with Crippen molar-refractivity contribution in [3.63, 3.8) is 0 Å². The van der Waals surface area contributed by atoms with E-state index >= 15 is 0 Å². The Hall–Kier alpha value is -1.11. The Labute approximate surface area is 153 Å². The van der Waals surface area contributed by atoms with Gasteiger partial charge in [-0.2, -0.15) is 0 Å². The highest BCUT2D eigenvalue weighted by molar-refractivity contribution is 7.12. The second-order valence-electron chi connectivity index (χ2n) is 6.59. The van der Waals surface area contributed by atoms with Crippen molar-refractivity contribution in [2.75, 3.05) is 26.2 Å². The molecule has 0 radical (unpaired) electrons. The van der Waals surface area contributed by atoms with E-state index in [1.165, 1.54) is 11.3 Å². The first kappa shape index (κ1) is 19.2. The first-order chi connectivity index (χ1) is 11.1. The van der Waals surface area contributed by atoms with Crippen LogP contribution >= 0.6 is 23.7 Å². The maximum absolute atomic E-state index is 12.6. The number of piperidine rings is 1. The van der Waals surface area contributed by atoms with Crippen molar-refractivity contribution in [2.45, 2.75) is 38.6 Å². The van der Waals surface area contributed by atoms with Crippen LogP contribution in [0.25, 0.3) is 0 Å². The van der Waals surface area contributed by atoms with E-state index < -0.39 is 0 Å². The Balaban J connectivity index is 0.00000208. The maximum atomic E-state index is 12.6. The standard InChI is InChI=1S/C17H25N3O2S.ClH/c1-12-6-9-23-15(12)17(22)20-8-3-4-13(11-20)10-19-16(21)14-5-2-7-18-14;/h6,9,13-14,18H,2-5,7-8,10-11H2,1H3,(H,19,21);1H. The highest BCUT2D eigenvalue weighted by Gasteiger charge is 2.27. The van der Waals surface area contributed by atoms with Gasteiger partial charge in [0.1, 0.15) is 0 Å². The molecule has 3 rings (SSSR count). The minimum absolute atomic E-state index is 0. The molecule has 2 N–H and O–H groups in total. The summed E-state index contributed by atoms with van der Waals surface area (Å²) < 4.78 is 0. The summed E-state index contributed by atoms with van der Waals surface area (Å²) in [7, 11) is 0. The monoisotopic (exact) mass is 371 g/mol. The zero-order chi connectivity index (χ0) is 16.2. The maximum Gasteiger partial charge on any atom is 0.264 e. The first-order valence-corrected chi connectivity index (χ1v) is 9.37. The molecule has 0 bridgehead atoms. The Morgan fingerprint density at radius 1 is 1.38 bits per heavy atom. The highest BCUT2D eigenvalue weighted by Crippen LogP contribution is 2.22. The molecule has 0 aliphatic carbocycles. The molecule has 2 unspecified atom stereocenters. The van der Waals surface area contributed by atoms with Crippen LogP contribution < -0.4 is 10.6 Å². The second kappa shape index (κ2) is 8.83. The summed E-state index contributed by atoms with van der Waals surface area (Å²) in [5.41, 5.74) is 1.06. The van der Waals surface area contributed by atoms with E-state index in [4.69, 9.17) is 0 Å². The lowest BCUT2D eigenvalue weighted by atomic mass is 9.97. The van der Waals surface area contributed by atoms with Crippen LogP contribution in [0.2, 0.25) is 0 Å². The SMILES string of the molecule is Cc1ccsc1C(=O)N1CCCC(CNC(=O)C2CCCN2)C1.Cl. The van der Waals surface area contributed by atoms with Crippen molar-refractivity contribution in [3.05, 3.63) is 21.9 Å². The van der Waals surface area contributed by atoms with Gasteiger partial charge in [-0.15, -0.1) is 23.7 Å². The third kappa shape index (κ3) is 4.49. The van der Waals surface area contributed by atoms with Gasteiger partial charge in [0.05, 0.1) is 10.9 Å². The molecule has 2 saturated heterocycles. The Morgan fingerprint density at radius 2 is 2.21 bits per heavy atom. The van der Waals surface area contributed by atoms with Crippen molar-refractivity contribution >= 4 is 35.6 Å². The largest absolute Gasteiger partial charge is 0.354 e. The van der Waals surface area contributed by atoms with Crippen LogP contribution in [0.5, 0.6) is 0 Å². The second-order valence-corrected chi connectivity index (χ2v) is 7.50. The van der Waals surface area contributed by atoms with Gasteiger partial charge in [-0.05, 0) is 62.1 Å². The van der Waals surface area contributed by atoms with Crippen molar-refractivity contribution in [1.29, 1.82) is 0 Å². The molecular weight excluding hydrogens is 346 g/mol. The van der Waals surface area contributed by atoms with Crippen molar-refractivity contribution < 1.29 is 9.59 Å². The van der Waals surface area contributed by atoms with Crippen LogP contribution in [0.3, 0.4) is 0 Å². The minimum atomic E-state index is -0.0231. The van der Waals surface area contributed by atoms with Gasteiger partial charge in [0.25, 0.3) is 5.91 Å². The number of nitrogens with one attached hydrogen (secondary N) is 2. The fraction of sp³-hybridized carbons (Fsp3) is 0.647. The molecule has 0 saturated carbocycles. The first-order valence-electron chi connectivity index (χ1n) is 8.49. The number of hydrogen-bond acceptors (Lipinski definition) is 4. The summed E-state index contributed by atoms with van der Waals surface area (Å²) >= 11 is 1.52. The number of rotatable bonds is 4. The molecule has 7 heteroatoms. The molecule has 2 fully saturated rings. The lowest BCUT2D eigenvalue weighted by Gasteiger charge is -2.33. The van der Waals surface area contributed by atoms with Gasteiger partial charge in [-0.25, -0.2) is 0 Å². The Bertz CT molecular complexity index is 572. The van der Waals surface area contributed by atoms with Crippen LogP contribution in [-0.4, -0.2) is 48.9 Å². The molecule has 5 nitrogen and oxygen atoms in total. The van der Waals surface area contributed by atoms with Crippen LogP contribution in [0.1, 0.15) is 40.9 Å². The van der Waals surface area contributed by atoms with Crippen LogP contribution in [0.4, 0.5) is 0 Å². The normalized spacial score (nSPS) is 23.6. The predicted molar refractivity (Wildman–Crippen MR) is 99.0 cm³/mol. The summed E-state index contributed by atoms with van der Waals surface area (Å²) in [6.07, 6.45) is 4.09. The topological polar surface area (TPSA) is 61.4 Å². The zero-order valence-electron chi connectivity index (χ0n) is 14.0. The molecule has 1 aromatic rings. The lowest BCUT2D eigenvalue weighted by Crippen LogP contribution is -2.46. The van der Waals surface area contributed by atoms with Crippen LogP contribution in [0.15, 0.2) is 11.4 Å². The number of amides is 2. The smallest absolute Gasteiger partial charge is 0.264 e. The molecular formula is C17H26ClN3O2S. The summed E-state index contributed by atoms with van der Waals surface area (Å²) in [4.78, 5) is 27.5. The number of carbonyl (C=O) groups is 2. The summed E-state index contributed by atoms with van der Waals surface area (Å²) in [5, 5.41) is 8.25. The summed E-state index contributed by atoms with van der Waals surface area (Å²) in [6, 6.07) is 1.97. The van der Waals surface area contributed by atoms with Gasteiger partial charge in [0, 0.05) is 19.6 Å². The van der Waals surface area contributed by atoms with Gasteiger partial charge >= 0.3 is 0 Å². The minimum Gasteiger partial charge on any atom is -0.354 e. The fourth-order valence-corrected chi connectivity index (χ4v) is 4.32. The molecule has 0 aromatic carbocycles. The number of halogens is 1. The van der Waals surface area contributed by atoms with E-state index in [1.54, 1.807) is 0 Å². The average molecular weight is 372 g/mol. The van der Waals surface area contributed by atoms with Crippen molar-refractivity contribution in [2.24, 2.45) is 5.92 Å². The molecule has 2 aliphatic heterocycles. The van der Waals surface area contributed by atoms with Crippen LogP contribution in [-0.2, 0) is 4.79 Å². The molecule has 0 spiro atoms. The van der Waals surface area contributed by atoms with E-state index in [9.17, 15) is 9.59 Å². The highest BCUT2D eigenvalue weighted by atomic mass is 35.5. The number of hydrogen-bond donors (Lipinski definition) is 2. The van der Waals surface area contributed by atoms with Gasteiger partial charge in [0.2, 0.25) is 5.91 Å². The van der Waals surface area contributed by atoms with E-state index in [2.05, 4.69) is 10.6 Å². The summed E-state index contributed by atoms with van der Waals surface area (Å²) in [6.45, 7) is 5.16. The Morgan fingerprint density at radius 3 is 2.88 bits per heavy atom. The number of nitrogens with zero attached hydrogens (tertiary/aromatic N) is 1. The quantitative estimate of drug-likeness (QED) is 0.852. The Kier molecular flexibility index (Phi) is 7.07. The zero-order valence-corrected chi connectivity index (χ0v) is 15.7. The third-order valence-electron chi connectivity index (χ3n) is 4.80. The number of aryl methyl sites for hydroxylation is 1. The predicted octanol–water partition coefficient (Wildman–Crippen LogP) is 2.20. The number of carbonyl (C=O) groups excluding carboxylic acids is 2.